The summed E-state index contributed by atoms with van der Waals surface area (Å²) in [5, 5.41) is 5.60. The lowest BCUT2D eigenvalue weighted by molar-refractivity contribution is -0.116. The number of nitrogens with zero attached hydrogens (tertiary/aromatic N) is 1. The first-order valence-electron chi connectivity index (χ1n) is 9.80. The summed E-state index contributed by atoms with van der Waals surface area (Å²) in [7, 11) is 0. The predicted molar refractivity (Wildman–Crippen MR) is 114 cm³/mol. The van der Waals surface area contributed by atoms with Gasteiger partial charge in [-0.05, 0) is 41.6 Å². The van der Waals surface area contributed by atoms with Crippen LogP contribution >= 0.6 is 11.3 Å². The second-order valence-electron chi connectivity index (χ2n) is 7.74. The molecule has 1 amide bonds. The molecule has 0 saturated heterocycles. The van der Waals surface area contributed by atoms with Crippen molar-refractivity contribution in [2.45, 2.75) is 24.8 Å². The Balaban J connectivity index is 1.57. The molecule has 1 aromatic heterocycles. The van der Waals surface area contributed by atoms with Crippen molar-refractivity contribution in [1.82, 2.24) is 0 Å². The van der Waals surface area contributed by atoms with Crippen LogP contribution in [0.2, 0.25) is 0 Å². The van der Waals surface area contributed by atoms with Crippen LogP contribution in [0.25, 0.3) is 0 Å². The number of rotatable bonds is 1. The minimum atomic E-state index is -0.360. The maximum atomic E-state index is 13.5. The molecule has 2 aliphatic heterocycles. The molecular formula is C24H18N2O2S. The smallest absolute Gasteiger partial charge is 0.259 e. The third kappa shape index (κ3) is 2.37. The Bertz CT molecular complexity index is 1200. The molecule has 3 aromatic rings. The van der Waals surface area contributed by atoms with Gasteiger partial charge in [0, 0.05) is 34.0 Å². The van der Waals surface area contributed by atoms with Crippen molar-refractivity contribution in [1.29, 1.82) is 0 Å². The number of hydrogen-bond donors (Lipinski definition) is 1. The fourth-order valence-corrected chi connectivity index (χ4v) is 5.72. The molecule has 4 nitrogen and oxygen atoms in total. The first-order chi connectivity index (χ1) is 14.2. The number of carbonyl (C=O) groups excluding carboxylic acids is 2. The number of allylic oxidation sites excluding steroid dienone is 1. The van der Waals surface area contributed by atoms with Gasteiger partial charge in [-0.1, -0.05) is 36.4 Å². The average molecular weight is 398 g/mol. The van der Waals surface area contributed by atoms with Crippen LogP contribution in [0.3, 0.4) is 0 Å². The third-order valence-electron chi connectivity index (χ3n) is 6.14. The normalized spacial score (nSPS) is 22.4. The lowest BCUT2D eigenvalue weighted by Crippen LogP contribution is -2.32. The molecular weight excluding hydrogens is 380 g/mol. The average Bonchev–Trinajstić information content (AvgIpc) is 3.33. The minimum Gasteiger partial charge on any atom is -0.357 e. The van der Waals surface area contributed by atoms with E-state index in [1.54, 1.807) is 16.2 Å². The Labute approximate surface area is 172 Å². The molecule has 3 aliphatic rings. The predicted octanol–water partition coefficient (Wildman–Crippen LogP) is 5.28. The quantitative estimate of drug-likeness (QED) is 0.607. The van der Waals surface area contributed by atoms with Crippen molar-refractivity contribution < 1.29 is 9.59 Å². The van der Waals surface area contributed by atoms with Gasteiger partial charge >= 0.3 is 0 Å². The summed E-state index contributed by atoms with van der Waals surface area (Å²) in [4.78, 5) is 29.9. The standard InChI is InChI=1S/C24H18N2O2S/c27-20-13-14(21-10-5-11-29-21)12-18-22(20)23-15-6-1-2-7-16(15)24(28)26(23)19-9-4-3-8-17(19)25-18/h1-11,14,23,25H,12-13H2/t14-,23+/m1/s1. The summed E-state index contributed by atoms with van der Waals surface area (Å²) in [6, 6.07) is 19.3. The molecule has 29 heavy (non-hydrogen) atoms. The SMILES string of the molecule is O=C1C[C@H](c2cccs2)CC2=C1[C@@H]1c3ccccc3C(=O)N1c1ccccc1N2. The van der Waals surface area contributed by atoms with E-state index in [9.17, 15) is 9.59 Å². The van der Waals surface area contributed by atoms with Gasteiger partial charge in [0.2, 0.25) is 0 Å². The maximum Gasteiger partial charge on any atom is 0.259 e. The number of benzene rings is 2. The molecule has 1 aliphatic carbocycles. The van der Waals surface area contributed by atoms with Crippen LogP contribution in [0, 0.1) is 0 Å². The van der Waals surface area contributed by atoms with Gasteiger partial charge in [0.15, 0.2) is 5.78 Å². The maximum absolute atomic E-state index is 13.5. The first kappa shape index (κ1) is 16.7. The van der Waals surface area contributed by atoms with Gasteiger partial charge in [-0.2, -0.15) is 0 Å². The van der Waals surface area contributed by atoms with Crippen LogP contribution in [-0.4, -0.2) is 11.7 Å². The molecule has 0 radical (unpaired) electrons. The zero-order valence-electron chi connectivity index (χ0n) is 15.6. The van der Waals surface area contributed by atoms with Gasteiger partial charge < -0.3 is 5.32 Å². The summed E-state index contributed by atoms with van der Waals surface area (Å²) < 4.78 is 0. The molecule has 5 heteroatoms. The van der Waals surface area contributed by atoms with E-state index < -0.39 is 0 Å². The second-order valence-corrected chi connectivity index (χ2v) is 8.72. The number of fused-ring (bicyclic) bond motifs is 6. The van der Waals surface area contributed by atoms with Crippen LogP contribution in [0.5, 0.6) is 0 Å². The zero-order chi connectivity index (χ0) is 19.5. The van der Waals surface area contributed by atoms with Crippen molar-refractivity contribution in [3.05, 3.63) is 93.3 Å². The Morgan fingerprint density at radius 2 is 1.76 bits per heavy atom. The van der Waals surface area contributed by atoms with Crippen LogP contribution in [0.4, 0.5) is 11.4 Å². The Kier molecular flexibility index (Phi) is 3.56. The molecule has 0 saturated carbocycles. The number of Topliss-reactive ketones (excluding diaryl/α,β-unsaturated/α-hetero) is 1. The van der Waals surface area contributed by atoms with E-state index >= 15 is 0 Å². The van der Waals surface area contributed by atoms with E-state index in [2.05, 4.69) is 16.8 Å². The van der Waals surface area contributed by atoms with Crippen LogP contribution < -0.4 is 10.2 Å². The van der Waals surface area contributed by atoms with Crippen LogP contribution in [0.15, 0.2) is 77.3 Å². The molecule has 0 bridgehead atoms. The van der Waals surface area contributed by atoms with Gasteiger partial charge in [0.1, 0.15) is 0 Å². The highest BCUT2D eigenvalue weighted by atomic mass is 32.1. The second kappa shape index (κ2) is 6.16. The van der Waals surface area contributed by atoms with Crippen molar-refractivity contribution in [2.24, 2.45) is 0 Å². The fraction of sp³-hybridized carbons (Fsp3) is 0.167. The van der Waals surface area contributed by atoms with Gasteiger partial charge in [-0.25, -0.2) is 0 Å². The largest absolute Gasteiger partial charge is 0.357 e. The highest BCUT2D eigenvalue weighted by Gasteiger charge is 2.46. The summed E-state index contributed by atoms with van der Waals surface area (Å²) in [5.41, 5.74) is 5.01. The summed E-state index contributed by atoms with van der Waals surface area (Å²) >= 11 is 1.70. The molecule has 142 valence electrons. The topological polar surface area (TPSA) is 49.4 Å². The minimum absolute atomic E-state index is 0.0400. The summed E-state index contributed by atoms with van der Waals surface area (Å²) in [6.07, 6.45) is 1.26. The molecule has 0 fully saturated rings. The van der Waals surface area contributed by atoms with Crippen molar-refractivity contribution >= 4 is 34.4 Å². The van der Waals surface area contributed by atoms with E-state index in [1.807, 2.05) is 54.6 Å². The molecule has 0 unspecified atom stereocenters. The van der Waals surface area contributed by atoms with Crippen molar-refractivity contribution in [3.63, 3.8) is 0 Å². The van der Waals surface area contributed by atoms with E-state index in [0.717, 1.165) is 34.6 Å². The van der Waals surface area contributed by atoms with E-state index in [1.165, 1.54) is 4.88 Å². The number of para-hydroxylation sites is 2. The number of nitrogens with one attached hydrogen (secondary N) is 1. The zero-order valence-corrected chi connectivity index (χ0v) is 16.4. The van der Waals surface area contributed by atoms with E-state index in [4.69, 9.17) is 0 Å². The van der Waals surface area contributed by atoms with Gasteiger partial charge in [0.05, 0.1) is 17.4 Å². The Hall–Kier alpha value is -3.18. The number of ketones is 1. The van der Waals surface area contributed by atoms with Crippen LogP contribution in [0.1, 0.15) is 45.6 Å². The lowest BCUT2D eigenvalue weighted by Gasteiger charge is -2.30. The lowest BCUT2D eigenvalue weighted by atomic mass is 9.81. The highest BCUT2D eigenvalue weighted by molar-refractivity contribution is 7.10. The number of thiophene rings is 1. The van der Waals surface area contributed by atoms with E-state index in [0.29, 0.717) is 12.0 Å². The Morgan fingerprint density at radius 3 is 2.62 bits per heavy atom. The number of anilines is 2. The first-order valence-corrected chi connectivity index (χ1v) is 10.7. The van der Waals surface area contributed by atoms with E-state index in [-0.39, 0.29) is 23.7 Å². The summed E-state index contributed by atoms with van der Waals surface area (Å²) in [5.74, 6) is 0.269. The molecule has 1 N–H and O–H groups in total. The third-order valence-corrected chi connectivity index (χ3v) is 7.17. The summed E-state index contributed by atoms with van der Waals surface area (Å²) in [6.45, 7) is 0. The van der Waals surface area contributed by atoms with Crippen molar-refractivity contribution in [2.75, 3.05) is 10.2 Å². The molecule has 6 rings (SSSR count). The molecule has 0 spiro atoms. The van der Waals surface area contributed by atoms with Crippen LogP contribution in [-0.2, 0) is 4.79 Å². The van der Waals surface area contributed by atoms with Gasteiger partial charge in [-0.15, -0.1) is 11.3 Å². The molecule has 2 aromatic carbocycles. The monoisotopic (exact) mass is 398 g/mol. The number of carbonyl (C=O) groups is 2. The molecule has 2 atom stereocenters. The highest BCUT2D eigenvalue weighted by Crippen LogP contribution is 2.51. The van der Waals surface area contributed by atoms with Gasteiger partial charge in [0.25, 0.3) is 5.91 Å². The van der Waals surface area contributed by atoms with Crippen molar-refractivity contribution in [3.8, 4) is 0 Å². The Morgan fingerprint density at radius 1 is 0.931 bits per heavy atom. The van der Waals surface area contributed by atoms with Gasteiger partial charge in [-0.3, -0.25) is 14.5 Å². The fourth-order valence-electron chi connectivity index (χ4n) is 4.89. The number of hydrogen-bond acceptors (Lipinski definition) is 4. The number of amides is 1. The molecule has 3 heterocycles.